The second-order valence-corrected chi connectivity index (χ2v) is 5.24. The zero-order valence-corrected chi connectivity index (χ0v) is 13.4. The SMILES string of the molecule is CNC(=S)Nc1ccc(C(=O)/C=C\c2ccccc2C)cc1. The highest BCUT2D eigenvalue weighted by Crippen LogP contribution is 2.13. The minimum Gasteiger partial charge on any atom is -0.366 e. The highest BCUT2D eigenvalue weighted by molar-refractivity contribution is 7.80. The van der Waals surface area contributed by atoms with Crippen molar-refractivity contribution >= 4 is 34.9 Å². The van der Waals surface area contributed by atoms with Crippen molar-refractivity contribution in [1.82, 2.24) is 5.32 Å². The van der Waals surface area contributed by atoms with Crippen molar-refractivity contribution in [3.63, 3.8) is 0 Å². The molecule has 0 atom stereocenters. The van der Waals surface area contributed by atoms with Crippen LogP contribution < -0.4 is 10.6 Å². The zero-order chi connectivity index (χ0) is 15.9. The van der Waals surface area contributed by atoms with Gasteiger partial charge in [-0.15, -0.1) is 0 Å². The third-order valence-electron chi connectivity index (χ3n) is 3.26. The second kappa shape index (κ2) is 7.52. The number of allylic oxidation sites excluding steroid dienone is 1. The third-order valence-corrected chi connectivity index (χ3v) is 3.56. The molecule has 0 fully saturated rings. The second-order valence-electron chi connectivity index (χ2n) is 4.84. The van der Waals surface area contributed by atoms with Gasteiger partial charge in [0, 0.05) is 18.3 Å². The average molecular weight is 310 g/mol. The Bertz CT molecular complexity index is 705. The van der Waals surface area contributed by atoms with Crippen LogP contribution in [-0.2, 0) is 0 Å². The summed E-state index contributed by atoms with van der Waals surface area (Å²) in [6.45, 7) is 2.02. The Morgan fingerprint density at radius 3 is 2.41 bits per heavy atom. The van der Waals surface area contributed by atoms with Gasteiger partial charge in [-0.05, 0) is 60.6 Å². The Morgan fingerprint density at radius 2 is 1.77 bits per heavy atom. The molecule has 0 unspecified atom stereocenters. The van der Waals surface area contributed by atoms with Gasteiger partial charge in [0.15, 0.2) is 10.9 Å². The number of carbonyl (C=O) groups excluding carboxylic acids is 1. The lowest BCUT2D eigenvalue weighted by Gasteiger charge is -2.07. The molecule has 2 N–H and O–H groups in total. The molecular weight excluding hydrogens is 292 g/mol. The van der Waals surface area contributed by atoms with Gasteiger partial charge in [0.2, 0.25) is 0 Å². The van der Waals surface area contributed by atoms with E-state index < -0.39 is 0 Å². The minimum atomic E-state index is -0.0222. The van der Waals surface area contributed by atoms with Crippen LogP contribution in [0.25, 0.3) is 6.08 Å². The molecule has 0 bridgehead atoms. The average Bonchev–Trinajstić information content (AvgIpc) is 2.54. The highest BCUT2D eigenvalue weighted by atomic mass is 32.1. The maximum Gasteiger partial charge on any atom is 0.185 e. The summed E-state index contributed by atoms with van der Waals surface area (Å²) in [7, 11) is 1.75. The van der Waals surface area contributed by atoms with Gasteiger partial charge in [0.05, 0.1) is 0 Å². The molecule has 2 aromatic rings. The lowest BCUT2D eigenvalue weighted by molar-refractivity contribution is 0.104. The van der Waals surface area contributed by atoms with Gasteiger partial charge in [0.1, 0.15) is 0 Å². The molecule has 22 heavy (non-hydrogen) atoms. The fourth-order valence-corrected chi connectivity index (χ4v) is 2.06. The molecule has 0 heterocycles. The van der Waals surface area contributed by atoms with E-state index in [1.54, 1.807) is 25.3 Å². The Balaban J connectivity index is 2.07. The van der Waals surface area contributed by atoms with E-state index in [2.05, 4.69) is 10.6 Å². The number of rotatable bonds is 4. The molecule has 0 radical (unpaired) electrons. The maximum absolute atomic E-state index is 12.2. The fraction of sp³-hybridized carbons (Fsp3) is 0.111. The number of ketones is 1. The number of aryl methyl sites for hydroxylation is 1. The lowest BCUT2D eigenvalue weighted by atomic mass is 10.1. The fourth-order valence-electron chi connectivity index (χ4n) is 1.95. The Hall–Kier alpha value is -2.46. The molecule has 0 aliphatic carbocycles. The first kappa shape index (κ1) is 15.9. The molecule has 3 nitrogen and oxygen atoms in total. The van der Waals surface area contributed by atoms with Crippen LogP contribution in [0.5, 0.6) is 0 Å². The van der Waals surface area contributed by atoms with E-state index in [1.807, 2.05) is 49.4 Å². The lowest BCUT2D eigenvalue weighted by Crippen LogP contribution is -2.24. The van der Waals surface area contributed by atoms with Crippen molar-refractivity contribution in [2.45, 2.75) is 6.92 Å². The van der Waals surface area contributed by atoms with Crippen LogP contribution in [0.1, 0.15) is 21.5 Å². The van der Waals surface area contributed by atoms with Crippen LogP contribution in [-0.4, -0.2) is 17.9 Å². The van der Waals surface area contributed by atoms with E-state index in [0.717, 1.165) is 16.8 Å². The summed E-state index contributed by atoms with van der Waals surface area (Å²) >= 11 is 5.03. The molecule has 0 amide bonds. The van der Waals surface area contributed by atoms with Crippen LogP contribution in [0.4, 0.5) is 5.69 Å². The van der Waals surface area contributed by atoms with Crippen molar-refractivity contribution in [3.8, 4) is 0 Å². The molecule has 112 valence electrons. The summed E-state index contributed by atoms with van der Waals surface area (Å²) in [5.74, 6) is -0.0222. The minimum absolute atomic E-state index is 0.0222. The first-order valence-corrected chi connectivity index (χ1v) is 7.38. The standard InChI is InChI=1S/C18H18N2OS/c1-13-5-3-4-6-14(13)9-12-17(21)15-7-10-16(11-8-15)20-18(22)19-2/h3-12H,1-2H3,(H2,19,20,22)/b12-9-. The number of carbonyl (C=O) groups is 1. The smallest absolute Gasteiger partial charge is 0.185 e. The van der Waals surface area contributed by atoms with Crippen LogP contribution in [0.3, 0.4) is 0 Å². The van der Waals surface area contributed by atoms with Gasteiger partial charge in [0.25, 0.3) is 0 Å². The van der Waals surface area contributed by atoms with Gasteiger partial charge < -0.3 is 10.6 Å². The van der Waals surface area contributed by atoms with Gasteiger partial charge in [-0.3, -0.25) is 4.79 Å². The maximum atomic E-state index is 12.2. The van der Waals surface area contributed by atoms with Crippen LogP contribution in [0.2, 0.25) is 0 Å². The summed E-state index contributed by atoms with van der Waals surface area (Å²) in [5, 5.41) is 6.39. The topological polar surface area (TPSA) is 41.1 Å². The van der Waals surface area contributed by atoms with Crippen molar-refractivity contribution in [2.24, 2.45) is 0 Å². The van der Waals surface area contributed by atoms with Crippen molar-refractivity contribution in [2.75, 3.05) is 12.4 Å². The number of anilines is 1. The number of thiocarbonyl (C=S) groups is 1. The summed E-state index contributed by atoms with van der Waals surface area (Å²) < 4.78 is 0. The van der Waals surface area contributed by atoms with E-state index >= 15 is 0 Å². The monoisotopic (exact) mass is 310 g/mol. The van der Waals surface area contributed by atoms with Crippen molar-refractivity contribution in [1.29, 1.82) is 0 Å². The third kappa shape index (κ3) is 4.27. The number of hydrogen-bond acceptors (Lipinski definition) is 2. The Labute approximate surface area is 136 Å². The molecule has 0 aliphatic heterocycles. The summed E-state index contributed by atoms with van der Waals surface area (Å²) in [4.78, 5) is 12.2. The first-order chi connectivity index (χ1) is 10.6. The molecule has 0 saturated heterocycles. The highest BCUT2D eigenvalue weighted by Gasteiger charge is 2.03. The quantitative estimate of drug-likeness (QED) is 0.512. The number of nitrogens with one attached hydrogen (secondary N) is 2. The summed E-state index contributed by atoms with van der Waals surface area (Å²) in [6.07, 6.45) is 3.45. The summed E-state index contributed by atoms with van der Waals surface area (Å²) in [6, 6.07) is 15.2. The van der Waals surface area contributed by atoms with Gasteiger partial charge >= 0.3 is 0 Å². The summed E-state index contributed by atoms with van der Waals surface area (Å²) in [5.41, 5.74) is 3.68. The van der Waals surface area contributed by atoms with Crippen molar-refractivity contribution < 1.29 is 4.79 Å². The van der Waals surface area contributed by atoms with E-state index in [4.69, 9.17) is 12.2 Å². The molecule has 0 spiro atoms. The Kier molecular flexibility index (Phi) is 5.44. The molecule has 4 heteroatoms. The Morgan fingerprint density at radius 1 is 1.09 bits per heavy atom. The molecule has 0 aromatic heterocycles. The molecule has 0 aliphatic rings. The van der Waals surface area contributed by atoms with E-state index in [9.17, 15) is 4.79 Å². The molecule has 2 rings (SSSR count). The first-order valence-electron chi connectivity index (χ1n) is 6.97. The van der Waals surface area contributed by atoms with Crippen LogP contribution in [0, 0.1) is 6.92 Å². The molecular formula is C18H18N2OS. The van der Waals surface area contributed by atoms with Crippen LogP contribution >= 0.6 is 12.2 Å². The zero-order valence-electron chi connectivity index (χ0n) is 12.6. The van der Waals surface area contributed by atoms with E-state index in [0.29, 0.717) is 10.7 Å². The van der Waals surface area contributed by atoms with Gasteiger partial charge in [-0.2, -0.15) is 0 Å². The largest absolute Gasteiger partial charge is 0.366 e. The normalized spacial score (nSPS) is 10.5. The van der Waals surface area contributed by atoms with Crippen molar-refractivity contribution in [3.05, 3.63) is 71.3 Å². The van der Waals surface area contributed by atoms with E-state index in [-0.39, 0.29) is 5.78 Å². The van der Waals surface area contributed by atoms with E-state index in [1.165, 1.54) is 0 Å². The number of hydrogen-bond donors (Lipinski definition) is 2. The van der Waals surface area contributed by atoms with Crippen LogP contribution in [0.15, 0.2) is 54.6 Å². The van der Waals surface area contributed by atoms with Gasteiger partial charge in [-0.25, -0.2) is 0 Å². The molecule has 0 saturated carbocycles. The number of benzene rings is 2. The van der Waals surface area contributed by atoms with Gasteiger partial charge in [-0.1, -0.05) is 30.3 Å². The molecule has 2 aromatic carbocycles. The predicted octanol–water partition coefficient (Wildman–Crippen LogP) is 3.81. The predicted molar refractivity (Wildman–Crippen MR) is 96.3 cm³/mol.